The van der Waals surface area contributed by atoms with Crippen LogP contribution in [0.15, 0.2) is 18.3 Å². The van der Waals surface area contributed by atoms with Crippen molar-refractivity contribution >= 4 is 5.78 Å². The predicted octanol–water partition coefficient (Wildman–Crippen LogP) is 0.539. The molecule has 1 fully saturated rings. The van der Waals surface area contributed by atoms with Crippen LogP contribution in [0, 0.1) is 0 Å². The number of aromatic nitrogens is 1. The Bertz CT molecular complexity index is 302. The monoisotopic (exact) mass is 207 g/mol. The van der Waals surface area contributed by atoms with E-state index in [2.05, 4.69) is 15.6 Å². The van der Waals surface area contributed by atoms with Crippen LogP contribution in [0.4, 0.5) is 0 Å². The van der Waals surface area contributed by atoms with E-state index in [1.807, 2.05) is 6.07 Å². The van der Waals surface area contributed by atoms with Crippen LogP contribution >= 0.6 is 0 Å². The van der Waals surface area contributed by atoms with Crippen molar-refractivity contribution in [3.63, 3.8) is 0 Å². The van der Waals surface area contributed by atoms with Crippen molar-refractivity contribution in [2.75, 3.05) is 19.6 Å². The summed E-state index contributed by atoms with van der Waals surface area (Å²) in [6.45, 7) is 2.40. The highest BCUT2D eigenvalue weighted by Crippen LogP contribution is 2.03. The van der Waals surface area contributed by atoms with Gasteiger partial charge in [0.15, 0.2) is 5.78 Å². The highest BCUT2D eigenvalue weighted by atomic mass is 16.1. The lowest BCUT2D eigenvalue weighted by Gasteiger charge is -2.10. The molecule has 4 heteroatoms. The van der Waals surface area contributed by atoms with Gasteiger partial charge in [-0.2, -0.15) is 0 Å². The average Bonchev–Trinajstić information content (AvgIpc) is 2.90. The summed E-state index contributed by atoms with van der Waals surface area (Å²) in [5.74, 6) is 0.123. The summed E-state index contributed by atoms with van der Waals surface area (Å²) >= 11 is 0. The molecular weight excluding hydrogens is 190 g/mol. The molecule has 1 atom stereocenters. The Labute approximate surface area is 89.5 Å². The van der Waals surface area contributed by atoms with Gasteiger partial charge < -0.3 is 15.6 Å². The van der Waals surface area contributed by atoms with Crippen LogP contribution in [-0.2, 0) is 0 Å². The van der Waals surface area contributed by atoms with Gasteiger partial charge in [0.05, 0.1) is 12.2 Å². The first-order chi connectivity index (χ1) is 7.36. The summed E-state index contributed by atoms with van der Waals surface area (Å²) < 4.78 is 0. The highest BCUT2D eigenvalue weighted by Gasteiger charge is 2.13. The highest BCUT2D eigenvalue weighted by molar-refractivity contribution is 5.95. The van der Waals surface area contributed by atoms with Gasteiger partial charge in [-0.05, 0) is 31.5 Å². The molecule has 2 rings (SSSR count). The van der Waals surface area contributed by atoms with Crippen molar-refractivity contribution in [3.8, 4) is 0 Å². The van der Waals surface area contributed by atoms with Gasteiger partial charge in [0.2, 0.25) is 0 Å². The maximum atomic E-state index is 11.6. The number of hydrogen-bond donors (Lipinski definition) is 3. The predicted molar refractivity (Wildman–Crippen MR) is 59.0 cm³/mol. The first kappa shape index (κ1) is 10.4. The second-order valence-electron chi connectivity index (χ2n) is 3.93. The summed E-state index contributed by atoms with van der Waals surface area (Å²) in [5, 5.41) is 6.57. The third-order valence-electron chi connectivity index (χ3n) is 2.74. The Hall–Kier alpha value is -1.13. The van der Waals surface area contributed by atoms with Gasteiger partial charge in [-0.25, -0.2) is 0 Å². The van der Waals surface area contributed by atoms with Gasteiger partial charge in [-0.15, -0.1) is 0 Å². The molecule has 0 unspecified atom stereocenters. The average molecular weight is 207 g/mol. The first-order valence-corrected chi connectivity index (χ1v) is 5.47. The van der Waals surface area contributed by atoms with Gasteiger partial charge in [0.25, 0.3) is 0 Å². The molecule has 0 amide bonds. The summed E-state index contributed by atoms with van der Waals surface area (Å²) in [5.41, 5.74) is 0.682. The minimum Gasteiger partial charge on any atom is -0.359 e. The Morgan fingerprint density at radius 3 is 3.20 bits per heavy atom. The van der Waals surface area contributed by atoms with Gasteiger partial charge in [-0.3, -0.25) is 4.79 Å². The molecule has 0 bridgehead atoms. The van der Waals surface area contributed by atoms with E-state index in [1.54, 1.807) is 12.3 Å². The van der Waals surface area contributed by atoms with Crippen LogP contribution < -0.4 is 10.6 Å². The Balaban J connectivity index is 1.67. The maximum absolute atomic E-state index is 11.6. The largest absolute Gasteiger partial charge is 0.359 e. The van der Waals surface area contributed by atoms with Gasteiger partial charge in [-0.1, -0.05) is 0 Å². The lowest BCUT2D eigenvalue weighted by Crippen LogP contribution is -2.36. The number of nitrogens with one attached hydrogen (secondary N) is 3. The molecule has 2 heterocycles. The number of ketones is 1. The van der Waals surface area contributed by atoms with Crippen molar-refractivity contribution in [1.82, 2.24) is 15.6 Å². The molecule has 0 saturated carbocycles. The molecule has 1 aromatic rings. The SMILES string of the molecule is O=C(CNC[C@@H]1CCCN1)c1ccc[nH]1. The Morgan fingerprint density at radius 2 is 2.53 bits per heavy atom. The van der Waals surface area contributed by atoms with E-state index in [1.165, 1.54) is 12.8 Å². The van der Waals surface area contributed by atoms with Crippen LogP contribution in [0.1, 0.15) is 23.3 Å². The van der Waals surface area contributed by atoms with Crippen LogP contribution in [0.5, 0.6) is 0 Å². The molecule has 15 heavy (non-hydrogen) atoms. The van der Waals surface area contributed by atoms with E-state index in [0.29, 0.717) is 18.3 Å². The second kappa shape index (κ2) is 5.09. The number of hydrogen-bond acceptors (Lipinski definition) is 3. The maximum Gasteiger partial charge on any atom is 0.192 e. The zero-order chi connectivity index (χ0) is 10.5. The van der Waals surface area contributed by atoms with Gasteiger partial charge in [0.1, 0.15) is 0 Å². The summed E-state index contributed by atoms with van der Waals surface area (Å²) in [4.78, 5) is 14.5. The molecule has 82 valence electrons. The van der Waals surface area contributed by atoms with Crippen molar-refractivity contribution in [2.24, 2.45) is 0 Å². The van der Waals surface area contributed by atoms with Gasteiger partial charge in [0, 0.05) is 18.8 Å². The zero-order valence-electron chi connectivity index (χ0n) is 8.75. The van der Waals surface area contributed by atoms with E-state index in [4.69, 9.17) is 0 Å². The number of aromatic amines is 1. The second-order valence-corrected chi connectivity index (χ2v) is 3.93. The molecule has 0 aromatic carbocycles. The molecule has 1 aliphatic heterocycles. The molecule has 0 radical (unpaired) electrons. The quantitative estimate of drug-likeness (QED) is 0.618. The summed E-state index contributed by atoms with van der Waals surface area (Å²) in [6, 6.07) is 4.19. The third-order valence-corrected chi connectivity index (χ3v) is 2.74. The zero-order valence-corrected chi connectivity index (χ0v) is 8.75. The minimum absolute atomic E-state index is 0.123. The number of Topliss-reactive ketones (excluding diaryl/α,β-unsaturated/α-hetero) is 1. The molecule has 1 aliphatic rings. The van der Waals surface area contributed by atoms with Crippen LogP contribution in [0.3, 0.4) is 0 Å². The third kappa shape index (κ3) is 2.91. The fraction of sp³-hybridized carbons (Fsp3) is 0.545. The molecule has 1 aromatic heterocycles. The molecule has 0 aliphatic carbocycles. The van der Waals surface area contributed by atoms with Crippen LogP contribution in [0.25, 0.3) is 0 Å². The van der Waals surface area contributed by atoms with Crippen molar-refractivity contribution in [1.29, 1.82) is 0 Å². The van der Waals surface area contributed by atoms with Crippen LogP contribution in [0.2, 0.25) is 0 Å². The fourth-order valence-corrected chi connectivity index (χ4v) is 1.89. The number of carbonyl (C=O) groups is 1. The molecule has 3 N–H and O–H groups in total. The van der Waals surface area contributed by atoms with E-state index >= 15 is 0 Å². The van der Waals surface area contributed by atoms with Crippen molar-refractivity contribution < 1.29 is 4.79 Å². The smallest absolute Gasteiger partial charge is 0.192 e. The normalized spacial score (nSPS) is 20.7. The molecule has 1 saturated heterocycles. The van der Waals surface area contributed by atoms with Gasteiger partial charge >= 0.3 is 0 Å². The number of rotatable bonds is 5. The number of carbonyl (C=O) groups excluding carboxylic acids is 1. The summed E-state index contributed by atoms with van der Waals surface area (Å²) in [7, 11) is 0. The molecule has 0 spiro atoms. The topological polar surface area (TPSA) is 56.9 Å². The fourth-order valence-electron chi connectivity index (χ4n) is 1.89. The minimum atomic E-state index is 0.123. The van der Waals surface area contributed by atoms with E-state index in [-0.39, 0.29) is 5.78 Å². The van der Waals surface area contributed by atoms with E-state index in [9.17, 15) is 4.79 Å². The van der Waals surface area contributed by atoms with Crippen molar-refractivity contribution in [3.05, 3.63) is 24.0 Å². The standard InChI is InChI=1S/C11H17N3O/c15-11(10-4-2-6-14-10)8-12-7-9-3-1-5-13-9/h2,4,6,9,12-14H,1,3,5,7-8H2/t9-/m0/s1. The number of H-pyrrole nitrogens is 1. The van der Waals surface area contributed by atoms with Crippen molar-refractivity contribution in [2.45, 2.75) is 18.9 Å². The summed E-state index contributed by atoms with van der Waals surface area (Å²) in [6.07, 6.45) is 4.23. The van der Waals surface area contributed by atoms with E-state index in [0.717, 1.165) is 13.1 Å². The lowest BCUT2D eigenvalue weighted by molar-refractivity contribution is 0.0986. The van der Waals surface area contributed by atoms with Crippen LogP contribution in [-0.4, -0.2) is 36.4 Å². The molecule has 4 nitrogen and oxygen atoms in total. The first-order valence-electron chi connectivity index (χ1n) is 5.47. The Morgan fingerprint density at radius 1 is 1.60 bits per heavy atom. The van der Waals surface area contributed by atoms with E-state index < -0.39 is 0 Å². The Kier molecular flexibility index (Phi) is 3.53. The molecular formula is C11H17N3O. The lowest BCUT2D eigenvalue weighted by atomic mass is 10.2.